The SMILES string of the molecule is C(=Cc1ccccc1)c1ccccc1.O=[P+](O)O. The van der Waals surface area contributed by atoms with Gasteiger partial charge in [0.05, 0.1) is 0 Å². The molecule has 0 aromatic heterocycles. The Morgan fingerprint density at radius 2 is 1.00 bits per heavy atom. The molecule has 2 aromatic carbocycles. The molecule has 0 aliphatic rings. The van der Waals surface area contributed by atoms with Crippen LogP contribution in [0.4, 0.5) is 0 Å². The lowest BCUT2D eigenvalue weighted by Gasteiger charge is -1.92. The highest BCUT2D eigenvalue weighted by molar-refractivity contribution is 7.30. The van der Waals surface area contributed by atoms with Crippen molar-refractivity contribution >= 4 is 20.4 Å². The Bertz CT molecular complexity index is 449. The predicted molar refractivity (Wildman–Crippen MR) is 73.9 cm³/mol. The molecule has 0 aliphatic carbocycles. The lowest BCUT2D eigenvalue weighted by atomic mass is 10.1. The van der Waals surface area contributed by atoms with Crippen LogP contribution in [-0.4, -0.2) is 9.79 Å². The molecule has 0 radical (unpaired) electrons. The zero-order valence-electron chi connectivity index (χ0n) is 9.68. The van der Waals surface area contributed by atoms with E-state index in [1.807, 2.05) is 36.4 Å². The molecule has 0 aliphatic heterocycles. The first-order valence-corrected chi connectivity index (χ1v) is 6.48. The quantitative estimate of drug-likeness (QED) is 0.642. The fraction of sp³-hybridized carbons (Fsp3) is 0. The van der Waals surface area contributed by atoms with E-state index in [1.165, 1.54) is 11.1 Å². The molecule has 0 saturated carbocycles. The van der Waals surface area contributed by atoms with Crippen molar-refractivity contribution in [2.75, 3.05) is 0 Å². The van der Waals surface area contributed by atoms with E-state index in [-0.39, 0.29) is 0 Å². The van der Waals surface area contributed by atoms with Crippen LogP contribution in [0.5, 0.6) is 0 Å². The topological polar surface area (TPSA) is 57.5 Å². The van der Waals surface area contributed by atoms with Crippen LogP contribution in [0.3, 0.4) is 0 Å². The summed E-state index contributed by atoms with van der Waals surface area (Å²) in [6.45, 7) is 0. The standard InChI is InChI=1S/C14H12.HO3P/c1-3-7-13(8-4-1)11-12-14-9-5-2-6-10-14;1-4(2)3/h1-12H;(H-,1,2,3)/p+1. The van der Waals surface area contributed by atoms with Crippen LogP contribution >= 0.6 is 8.25 Å². The molecular weight excluding hydrogens is 247 g/mol. The maximum absolute atomic E-state index is 8.70. The molecule has 2 N–H and O–H groups in total. The number of hydrogen-bond acceptors (Lipinski definition) is 1. The fourth-order valence-corrected chi connectivity index (χ4v) is 1.32. The third kappa shape index (κ3) is 6.71. The van der Waals surface area contributed by atoms with Crippen molar-refractivity contribution in [3.63, 3.8) is 0 Å². The zero-order valence-corrected chi connectivity index (χ0v) is 10.6. The van der Waals surface area contributed by atoms with Crippen molar-refractivity contribution in [3.05, 3.63) is 71.8 Å². The minimum absolute atomic E-state index is 1.23. The van der Waals surface area contributed by atoms with Gasteiger partial charge in [0, 0.05) is 4.57 Å². The van der Waals surface area contributed by atoms with Crippen LogP contribution in [0.15, 0.2) is 60.7 Å². The summed E-state index contributed by atoms with van der Waals surface area (Å²) in [7, 11) is -2.87. The van der Waals surface area contributed by atoms with Gasteiger partial charge >= 0.3 is 8.25 Å². The second-order valence-electron chi connectivity index (χ2n) is 3.41. The van der Waals surface area contributed by atoms with Gasteiger partial charge in [-0.3, -0.25) is 0 Å². The maximum atomic E-state index is 8.70. The van der Waals surface area contributed by atoms with Gasteiger partial charge in [-0.25, -0.2) is 0 Å². The van der Waals surface area contributed by atoms with Crippen LogP contribution in [0.2, 0.25) is 0 Å². The smallest absolute Gasteiger partial charge is 0.134 e. The number of hydrogen-bond donors (Lipinski definition) is 2. The Hall–Kier alpha value is -1.80. The highest BCUT2D eigenvalue weighted by atomic mass is 31.1. The van der Waals surface area contributed by atoms with Crippen molar-refractivity contribution < 1.29 is 14.4 Å². The van der Waals surface area contributed by atoms with E-state index in [4.69, 9.17) is 14.4 Å². The van der Waals surface area contributed by atoms with Crippen LogP contribution < -0.4 is 0 Å². The minimum atomic E-state index is -2.87. The molecular formula is C14H14O3P+. The molecule has 0 unspecified atom stereocenters. The van der Waals surface area contributed by atoms with Crippen molar-refractivity contribution in [2.45, 2.75) is 0 Å². The van der Waals surface area contributed by atoms with Crippen LogP contribution in [0.1, 0.15) is 11.1 Å². The average molecular weight is 261 g/mol. The Morgan fingerprint density at radius 3 is 1.28 bits per heavy atom. The van der Waals surface area contributed by atoms with Gasteiger partial charge in [0.2, 0.25) is 0 Å². The van der Waals surface area contributed by atoms with Crippen LogP contribution in [-0.2, 0) is 4.57 Å². The monoisotopic (exact) mass is 261 g/mol. The van der Waals surface area contributed by atoms with Gasteiger partial charge in [0.25, 0.3) is 0 Å². The summed E-state index contributed by atoms with van der Waals surface area (Å²) >= 11 is 0. The Balaban J connectivity index is 0.000000357. The Kier molecular flexibility index (Phi) is 6.59. The van der Waals surface area contributed by atoms with Crippen molar-refractivity contribution in [3.8, 4) is 0 Å². The van der Waals surface area contributed by atoms with Crippen molar-refractivity contribution in [1.82, 2.24) is 0 Å². The van der Waals surface area contributed by atoms with Gasteiger partial charge in [-0.2, -0.15) is 0 Å². The third-order valence-electron chi connectivity index (χ3n) is 2.07. The molecule has 18 heavy (non-hydrogen) atoms. The normalized spacial score (nSPS) is 9.67. The van der Waals surface area contributed by atoms with Crippen molar-refractivity contribution in [1.29, 1.82) is 0 Å². The second kappa shape index (κ2) is 8.31. The van der Waals surface area contributed by atoms with Gasteiger partial charge in [-0.15, -0.1) is 9.79 Å². The van der Waals surface area contributed by atoms with Crippen LogP contribution in [0.25, 0.3) is 12.2 Å². The van der Waals surface area contributed by atoms with Gasteiger partial charge < -0.3 is 0 Å². The summed E-state index contributed by atoms with van der Waals surface area (Å²) in [5.74, 6) is 0. The van der Waals surface area contributed by atoms with E-state index in [0.29, 0.717) is 0 Å². The summed E-state index contributed by atoms with van der Waals surface area (Å²) in [6, 6.07) is 20.6. The van der Waals surface area contributed by atoms with Gasteiger partial charge in [0.15, 0.2) is 0 Å². The molecule has 3 nitrogen and oxygen atoms in total. The largest absolute Gasteiger partial charge is 0.692 e. The molecule has 0 saturated heterocycles. The summed E-state index contributed by atoms with van der Waals surface area (Å²) in [5, 5.41) is 0. The Labute approximate surface area is 107 Å². The first-order chi connectivity index (χ1) is 8.68. The van der Waals surface area contributed by atoms with E-state index < -0.39 is 8.25 Å². The number of benzene rings is 2. The van der Waals surface area contributed by atoms with E-state index in [1.54, 1.807) is 0 Å². The zero-order chi connectivity index (χ0) is 13.2. The maximum Gasteiger partial charge on any atom is 0.692 e. The first kappa shape index (κ1) is 14.3. The second-order valence-corrected chi connectivity index (χ2v) is 3.91. The summed E-state index contributed by atoms with van der Waals surface area (Å²) < 4.78 is 8.70. The van der Waals surface area contributed by atoms with E-state index in [0.717, 1.165) is 0 Å². The van der Waals surface area contributed by atoms with Crippen molar-refractivity contribution in [2.24, 2.45) is 0 Å². The molecule has 0 fully saturated rings. The molecule has 4 heteroatoms. The molecule has 0 atom stereocenters. The summed E-state index contributed by atoms with van der Waals surface area (Å²) in [6.07, 6.45) is 4.24. The highest BCUT2D eigenvalue weighted by Crippen LogP contribution is 2.06. The molecule has 2 aromatic rings. The lowest BCUT2D eigenvalue weighted by molar-refractivity contribution is 0.405. The molecule has 0 amide bonds. The van der Waals surface area contributed by atoms with Gasteiger partial charge in [-0.1, -0.05) is 72.8 Å². The first-order valence-electron chi connectivity index (χ1n) is 5.31. The van der Waals surface area contributed by atoms with Crippen LogP contribution in [0, 0.1) is 0 Å². The van der Waals surface area contributed by atoms with E-state index >= 15 is 0 Å². The molecule has 0 spiro atoms. The minimum Gasteiger partial charge on any atom is -0.134 e. The third-order valence-corrected chi connectivity index (χ3v) is 2.07. The summed E-state index contributed by atoms with van der Waals surface area (Å²) in [4.78, 5) is 14.2. The lowest BCUT2D eigenvalue weighted by Crippen LogP contribution is -1.70. The Morgan fingerprint density at radius 1 is 0.722 bits per heavy atom. The molecule has 0 heterocycles. The summed E-state index contributed by atoms with van der Waals surface area (Å²) in [5.41, 5.74) is 2.47. The number of rotatable bonds is 2. The molecule has 92 valence electrons. The highest BCUT2D eigenvalue weighted by Gasteiger charge is 1.93. The van der Waals surface area contributed by atoms with E-state index in [9.17, 15) is 0 Å². The fourth-order valence-electron chi connectivity index (χ4n) is 1.32. The predicted octanol–water partition coefficient (Wildman–Crippen LogP) is 3.49. The van der Waals surface area contributed by atoms with E-state index in [2.05, 4.69) is 36.4 Å². The average Bonchev–Trinajstić information content (AvgIpc) is 2.38. The van der Waals surface area contributed by atoms with Gasteiger partial charge in [-0.05, 0) is 11.1 Å². The van der Waals surface area contributed by atoms with Gasteiger partial charge in [0.1, 0.15) is 0 Å². The molecule has 0 bridgehead atoms. The molecule has 2 rings (SSSR count).